The molecule has 0 bridgehead atoms. The Kier molecular flexibility index (Phi) is 8.89. The molecule has 0 spiro atoms. The summed E-state index contributed by atoms with van der Waals surface area (Å²) in [4.78, 5) is 10.3. The largest absolute Gasteiger partial charge is 0.416 e. The molecule has 1 nitrogen and oxygen atoms in total. The van der Waals surface area contributed by atoms with Crippen LogP contribution in [0.15, 0.2) is 24.3 Å². The van der Waals surface area contributed by atoms with Crippen LogP contribution < -0.4 is 5.30 Å². The highest BCUT2D eigenvalue weighted by atomic mass is 35.5. The number of alkyl halides is 3. The van der Waals surface area contributed by atoms with Gasteiger partial charge in [0.2, 0.25) is 0 Å². The summed E-state index contributed by atoms with van der Waals surface area (Å²) in [5.41, 5.74) is -3.53. The number of benzene rings is 1. The van der Waals surface area contributed by atoms with Crippen LogP contribution in [0.2, 0.25) is 0 Å². The maximum absolute atomic E-state index is 12.5. The molecular weight excluding hydrogens is 360 g/mol. The van der Waals surface area contributed by atoms with Crippen LogP contribution in [0.25, 0.3) is 0 Å². The molecule has 0 aliphatic rings. The van der Waals surface area contributed by atoms with Crippen LogP contribution in [-0.4, -0.2) is 10.6 Å². The van der Waals surface area contributed by atoms with E-state index in [1.165, 1.54) is 23.5 Å². The van der Waals surface area contributed by atoms with Crippen molar-refractivity contribution < 1.29 is 18.1 Å². The summed E-state index contributed by atoms with van der Waals surface area (Å²) >= 11 is 6.49. The summed E-state index contributed by atoms with van der Waals surface area (Å²) in [6, 6.07) is 4.54. The quantitative estimate of drug-likeness (QED) is 0.685. The highest BCUT2D eigenvalue weighted by Gasteiger charge is 2.30. The Labute approximate surface area is 139 Å². The Bertz CT molecular complexity index is 479. The van der Waals surface area contributed by atoms with Crippen molar-refractivity contribution in [1.82, 2.24) is 0 Å². The molecule has 0 saturated heterocycles. The molecule has 0 amide bonds. The van der Waals surface area contributed by atoms with Crippen molar-refractivity contribution in [2.45, 2.75) is 32.9 Å². The Hall–Kier alpha value is 0.260. The Morgan fingerprint density at radius 2 is 1.81 bits per heavy atom. The smallest absolute Gasteiger partial charge is 0.354 e. The van der Waals surface area contributed by atoms with Gasteiger partial charge in [-0.25, -0.2) is 0 Å². The summed E-state index contributed by atoms with van der Waals surface area (Å²) in [5, 5.41) is 0.425. The monoisotopic (exact) mass is 378 g/mol. The third-order valence-corrected chi connectivity index (χ3v) is 8.57. The van der Waals surface area contributed by atoms with Gasteiger partial charge in [-0.3, -0.25) is 0 Å². The van der Waals surface area contributed by atoms with Crippen LogP contribution in [-0.2, 0) is 18.0 Å². The number of hydrogen-bond acceptors (Lipinski definition) is 2. The number of rotatable bonds is 6. The summed E-state index contributed by atoms with van der Waals surface area (Å²) in [7, 11) is 0. The van der Waals surface area contributed by atoms with E-state index in [0.29, 0.717) is 11.2 Å². The fourth-order valence-corrected chi connectivity index (χ4v) is 6.11. The fraction of sp³-hybridized carbons (Fsp3) is 0.538. The van der Waals surface area contributed by atoms with Gasteiger partial charge in [0.05, 0.1) is 5.56 Å². The second kappa shape index (κ2) is 8.78. The molecular formula is C13H19ClF3OPS2. The maximum atomic E-state index is 12.5. The van der Waals surface area contributed by atoms with E-state index in [2.05, 4.69) is 13.8 Å². The predicted octanol–water partition coefficient (Wildman–Crippen LogP) is 5.22. The van der Waals surface area contributed by atoms with E-state index in [1.54, 1.807) is 0 Å². The molecule has 1 aromatic rings. The average molecular weight is 379 g/mol. The van der Waals surface area contributed by atoms with Crippen LogP contribution in [0, 0.1) is 5.92 Å². The fourth-order valence-electron chi connectivity index (χ4n) is 1.72. The molecule has 0 aliphatic heterocycles. The van der Waals surface area contributed by atoms with Gasteiger partial charge in [0.15, 0.2) is 0 Å². The third-order valence-electron chi connectivity index (χ3n) is 2.84. The highest BCUT2D eigenvalue weighted by molar-refractivity contribution is 8.71. The summed E-state index contributed by atoms with van der Waals surface area (Å²) < 4.78 is 37.4. The molecule has 1 aromatic carbocycles. The highest BCUT2D eigenvalue weighted by Crippen LogP contribution is 2.54. The number of hydrogen-bond donors (Lipinski definition) is 1. The molecule has 1 rings (SSSR count). The maximum Gasteiger partial charge on any atom is 0.416 e. The van der Waals surface area contributed by atoms with E-state index < -0.39 is 17.2 Å². The topological polar surface area (TPSA) is 20.2 Å². The summed E-state index contributed by atoms with van der Waals surface area (Å²) in [5.74, 6) is 1.16. The van der Waals surface area contributed by atoms with Crippen LogP contribution in [0.3, 0.4) is 0 Å². The molecule has 21 heavy (non-hydrogen) atoms. The summed E-state index contributed by atoms with van der Waals surface area (Å²) in [6.45, 7) is 4.17. The van der Waals surface area contributed by atoms with E-state index in [-0.39, 0.29) is 12.4 Å². The first-order valence-corrected chi connectivity index (χ1v) is 10.7. The van der Waals surface area contributed by atoms with Crippen molar-refractivity contribution in [3.05, 3.63) is 29.8 Å². The Morgan fingerprint density at radius 3 is 2.24 bits per heavy atom. The van der Waals surface area contributed by atoms with E-state index in [0.717, 1.165) is 30.7 Å². The van der Waals surface area contributed by atoms with E-state index in [1.807, 2.05) is 0 Å². The van der Waals surface area contributed by atoms with Gasteiger partial charge >= 0.3 is 6.18 Å². The molecule has 0 heterocycles. The SMILES string of the molecule is CCCC(C)CSP(O)(=S)c1ccc(C(F)(F)F)cc1.Cl. The first-order valence-electron chi connectivity index (χ1n) is 6.32. The van der Waals surface area contributed by atoms with Gasteiger partial charge < -0.3 is 4.89 Å². The average Bonchev–Trinajstić information content (AvgIpc) is 2.36. The number of halogens is 4. The normalized spacial score (nSPS) is 15.9. The van der Waals surface area contributed by atoms with E-state index in [9.17, 15) is 18.1 Å². The van der Waals surface area contributed by atoms with Gasteiger partial charge in [-0.05, 0) is 18.1 Å². The molecule has 0 aliphatic carbocycles. The predicted molar refractivity (Wildman–Crippen MR) is 91.4 cm³/mol. The van der Waals surface area contributed by atoms with Crippen LogP contribution in [0.5, 0.6) is 0 Å². The zero-order chi connectivity index (χ0) is 15.4. The molecule has 0 fully saturated rings. The van der Waals surface area contributed by atoms with Crippen molar-refractivity contribution in [2.24, 2.45) is 5.92 Å². The first-order chi connectivity index (χ1) is 9.16. The van der Waals surface area contributed by atoms with Gasteiger partial charge in [0.25, 0.3) is 0 Å². The molecule has 0 aromatic heterocycles. The molecule has 8 heteroatoms. The molecule has 2 atom stereocenters. The zero-order valence-corrected chi connectivity index (χ0v) is 15.1. The minimum atomic E-state index is -4.36. The van der Waals surface area contributed by atoms with Crippen molar-refractivity contribution in [2.75, 3.05) is 5.75 Å². The van der Waals surface area contributed by atoms with Crippen LogP contribution >= 0.6 is 29.3 Å². The lowest BCUT2D eigenvalue weighted by Gasteiger charge is -2.18. The standard InChI is InChI=1S/C13H18F3OPS2.ClH/c1-3-4-10(2)9-20-18(17,19)12-7-5-11(6-8-12)13(14,15)16;/h5-8,10H,3-4,9H2,1-2H3,(H,17,19);1H. The minimum absolute atomic E-state index is 0. The second-order valence-electron chi connectivity index (χ2n) is 4.75. The molecule has 0 radical (unpaired) electrons. The Balaban J connectivity index is 0.00000400. The van der Waals surface area contributed by atoms with Crippen molar-refractivity contribution in [1.29, 1.82) is 0 Å². The van der Waals surface area contributed by atoms with Gasteiger partial charge in [-0.2, -0.15) is 13.2 Å². The van der Waals surface area contributed by atoms with Crippen molar-refractivity contribution in [3.63, 3.8) is 0 Å². The van der Waals surface area contributed by atoms with Gasteiger partial charge in [0, 0.05) is 11.1 Å². The lowest BCUT2D eigenvalue weighted by Crippen LogP contribution is -2.09. The third kappa shape index (κ3) is 6.91. The minimum Gasteiger partial charge on any atom is -0.354 e. The van der Waals surface area contributed by atoms with Gasteiger partial charge in [0.1, 0.15) is 5.47 Å². The van der Waals surface area contributed by atoms with Crippen LogP contribution in [0.1, 0.15) is 32.3 Å². The van der Waals surface area contributed by atoms with Gasteiger partial charge in [-0.1, -0.05) is 62.0 Å². The van der Waals surface area contributed by atoms with Gasteiger partial charge in [-0.15, -0.1) is 12.4 Å². The van der Waals surface area contributed by atoms with Crippen molar-refractivity contribution >= 4 is 46.4 Å². The van der Waals surface area contributed by atoms with E-state index in [4.69, 9.17) is 11.8 Å². The second-order valence-corrected chi connectivity index (χ2v) is 11.5. The molecule has 2 unspecified atom stereocenters. The molecule has 0 saturated carbocycles. The van der Waals surface area contributed by atoms with Crippen molar-refractivity contribution in [3.8, 4) is 0 Å². The zero-order valence-electron chi connectivity index (χ0n) is 11.8. The Morgan fingerprint density at radius 1 is 1.29 bits per heavy atom. The lowest BCUT2D eigenvalue weighted by molar-refractivity contribution is -0.137. The lowest BCUT2D eigenvalue weighted by atomic mass is 10.1. The first kappa shape index (κ1) is 21.3. The molecule has 1 N–H and O–H groups in total. The summed E-state index contributed by atoms with van der Waals surface area (Å²) in [6.07, 6.45) is -2.25. The molecule has 122 valence electrons. The van der Waals surface area contributed by atoms with Crippen LogP contribution in [0.4, 0.5) is 13.2 Å². The van der Waals surface area contributed by atoms with E-state index >= 15 is 0 Å².